The Morgan fingerprint density at radius 2 is 1.68 bits per heavy atom. The predicted octanol–water partition coefficient (Wildman–Crippen LogP) is 5.73. The highest BCUT2D eigenvalue weighted by atomic mass is 35.5. The van der Waals surface area contributed by atoms with Crippen LogP contribution < -0.4 is 0 Å². The summed E-state index contributed by atoms with van der Waals surface area (Å²) in [6, 6.07) is 8.06. The van der Waals surface area contributed by atoms with Crippen LogP contribution in [0.2, 0.25) is 5.02 Å². The van der Waals surface area contributed by atoms with E-state index in [2.05, 4.69) is 37.8 Å². The van der Waals surface area contributed by atoms with Gasteiger partial charge in [-0.3, -0.25) is 4.79 Å². The van der Waals surface area contributed by atoms with Gasteiger partial charge in [0.25, 0.3) is 0 Å². The zero-order valence-electron chi connectivity index (χ0n) is 16.0. The second-order valence-corrected chi connectivity index (χ2v) is 9.66. The fourth-order valence-electron chi connectivity index (χ4n) is 4.80. The van der Waals surface area contributed by atoms with Crippen molar-refractivity contribution in [1.29, 1.82) is 0 Å². The van der Waals surface area contributed by atoms with Gasteiger partial charge in [0.1, 0.15) is 0 Å². The van der Waals surface area contributed by atoms with Crippen LogP contribution in [0.25, 0.3) is 0 Å². The lowest BCUT2D eigenvalue weighted by Crippen LogP contribution is -2.48. The topological polar surface area (TPSA) is 20.3 Å². The summed E-state index contributed by atoms with van der Waals surface area (Å²) < 4.78 is 0. The van der Waals surface area contributed by atoms with Gasteiger partial charge in [0.15, 0.2) is 0 Å². The van der Waals surface area contributed by atoms with Crippen LogP contribution in [0.3, 0.4) is 0 Å². The zero-order valence-corrected chi connectivity index (χ0v) is 16.7. The van der Waals surface area contributed by atoms with E-state index in [0.29, 0.717) is 11.3 Å². The third-order valence-electron chi connectivity index (χ3n) is 6.48. The Hall–Kier alpha value is -1.02. The number of carbonyl (C=O) groups is 1. The number of benzene rings is 1. The van der Waals surface area contributed by atoms with E-state index in [9.17, 15) is 4.79 Å². The largest absolute Gasteiger partial charge is 0.342 e. The van der Waals surface area contributed by atoms with E-state index in [1.165, 1.54) is 18.4 Å². The Bertz CT molecular complexity index is 587. The van der Waals surface area contributed by atoms with Gasteiger partial charge >= 0.3 is 0 Å². The predicted molar refractivity (Wildman–Crippen MR) is 105 cm³/mol. The minimum absolute atomic E-state index is 0.178. The number of rotatable bonds is 3. The Balaban J connectivity index is 1.70. The lowest BCUT2D eigenvalue weighted by molar-refractivity contribution is -0.144. The Kier molecular flexibility index (Phi) is 5.48. The van der Waals surface area contributed by atoms with Crippen LogP contribution in [0.15, 0.2) is 24.3 Å². The molecular formula is C22H32ClNO. The molecule has 0 unspecified atom stereocenters. The van der Waals surface area contributed by atoms with Gasteiger partial charge in [-0.1, -0.05) is 57.3 Å². The summed E-state index contributed by atoms with van der Waals surface area (Å²) in [5, 5.41) is 0.764. The van der Waals surface area contributed by atoms with Crippen molar-refractivity contribution < 1.29 is 4.79 Å². The summed E-state index contributed by atoms with van der Waals surface area (Å²) in [4.78, 5) is 15.6. The number of halogens is 1. The standard InChI is InChI=1S/C22H32ClNO/c1-21(2,3)18-10-14-24(15-11-18)20(25)22(12-4-5-13-22)16-17-6-8-19(23)9-7-17/h6-9,18H,4-5,10-16H2,1-3H3. The highest BCUT2D eigenvalue weighted by molar-refractivity contribution is 6.30. The van der Waals surface area contributed by atoms with Gasteiger partial charge in [-0.15, -0.1) is 0 Å². The molecule has 1 aromatic carbocycles. The highest BCUT2D eigenvalue weighted by Crippen LogP contribution is 2.44. The summed E-state index contributed by atoms with van der Waals surface area (Å²) in [6.07, 6.45) is 7.58. The molecule has 2 fully saturated rings. The zero-order chi connectivity index (χ0) is 18.1. The Labute approximate surface area is 157 Å². The first kappa shape index (κ1) is 18.8. The van der Waals surface area contributed by atoms with Crippen molar-refractivity contribution in [1.82, 2.24) is 4.90 Å². The average molecular weight is 362 g/mol. The number of hydrogen-bond donors (Lipinski definition) is 0. The first-order chi connectivity index (χ1) is 11.8. The highest BCUT2D eigenvalue weighted by Gasteiger charge is 2.44. The molecule has 1 aliphatic carbocycles. The fourth-order valence-corrected chi connectivity index (χ4v) is 4.92. The molecule has 3 heteroatoms. The molecule has 0 bridgehead atoms. The van der Waals surface area contributed by atoms with E-state index in [4.69, 9.17) is 11.6 Å². The van der Waals surface area contributed by atoms with Gasteiger partial charge in [-0.25, -0.2) is 0 Å². The molecule has 2 nitrogen and oxygen atoms in total. The Morgan fingerprint density at radius 3 is 2.20 bits per heavy atom. The fraction of sp³-hybridized carbons (Fsp3) is 0.682. The van der Waals surface area contributed by atoms with Crippen molar-refractivity contribution in [3.05, 3.63) is 34.9 Å². The van der Waals surface area contributed by atoms with Gasteiger partial charge in [0.05, 0.1) is 5.41 Å². The number of nitrogens with zero attached hydrogens (tertiary/aromatic N) is 1. The molecule has 0 spiro atoms. The third-order valence-corrected chi connectivity index (χ3v) is 6.73. The van der Waals surface area contributed by atoms with E-state index in [0.717, 1.165) is 56.1 Å². The molecular weight excluding hydrogens is 330 g/mol. The van der Waals surface area contributed by atoms with Gasteiger partial charge in [0.2, 0.25) is 5.91 Å². The smallest absolute Gasteiger partial charge is 0.229 e. The van der Waals surface area contributed by atoms with Crippen LogP contribution in [0.1, 0.15) is 64.9 Å². The van der Waals surface area contributed by atoms with Crippen molar-refractivity contribution in [2.75, 3.05) is 13.1 Å². The third kappa shape index (κ3) is 4.22. The molecule has 2 aliphatic rings. The summed E-state index contributed by atoms with van der Waals surface area (Å²) in [7, 11) is 0. The van der Waals surface area contributed by atoms with Gasteiger partial charge < -0.3 is 4.90 Å². The van der Waals surface area contributed by atoms with Crippen LogP contribution in [-0.4, -0.2) is 23.9 Å². The minimum Gasteiger partial charge on any atom is -0.342 e. The number of piperidine rings is 1. The van der Waals surface area contributed by atoms with E-state index in [1.54, 1.807) is 0 Å². The normalized spacial score (nSPS) is 21.5. The maximum atomic E-state index is 13.4. The van der Waals surface area contributed by atoms with Crippen LogP contribution in [0.4, 0.5) is 0 Å². The van der Waals surface area contributed by atoms with E-state index < -0.39 is 0 Å². The summed E-state index contributed by atoms with van der Waals surface area (Å²) >= 11 is 6.02. The molecule has 0 aromatic heterocycles. The van der Waals surface area contributed by atoms with Crippen molar-refractivity contribution >= 4 is 17.5 Å². The molecule has 1 saturated heterocycles. The van der Waals surface area contributed by atoms with Gasteiger partial charge in [-0.2, -0.15) is 0 Å². The molecule has 25 heavy (non-hydrogen) atoms. The number of hydrogen-bond acceptors (Lipinski definition) is 1. The number of carbonyl (C=O) groups excluding carboxylic acids is 1. The SMILES string of the molecule is CC(C)(C)C1CCN(C(=O)C2(Cc3ccc(Cl)cc3)CCCC2)CC1. The maximum absolute atomic E-state index is 13.4. The molecule has 1 aliphatic heterocycles. The van der Waals surface area contributed by atoms with Gasteiger partial charge in [-0.05, 0) is 61.1 Å². The molecule has 1 aromatic rings. The Morgan fingerprint density at radius 1 is 1.12 bits per heavy atom. The second-order valence-electron chi connectivity index (χ2n) is 9.22. The second kappa shape index (κ2) is 7.31. The maximum Gasteiger partial charge on any atom is 0.229 e. The van der Waals surface area contributed by atoms with Crippen LogP contribution >= 0.6 is 11.6 Å². The van der Waals surface area contributed by atoms with Crippen molar-refractivity contribution in [2.45, 2.75) is 65.7 Å². The first-order valence-electron chi connectivity index (χ1n) is 9.84. The molecule has 1 amide bonds. The average Bonchev–Trinajstić information content (AvgIpc) is 3.05. The van der Waals surface area contributed by atoms with Crippen molar-refractivity contribution in [3.63, 3.8) is 0 Å². The van der Waals surface area contributed by atoms with E-state index >= 15 is 0 Å². The van der Waals surface area contributed by atoms with Gasteiger partial charge in [0, 0.05) is 18.1 Å². The molecule has 1 heterocycles. The summed E-state index contributed by atoms with van der Waals surface area (Å²) in [6.45, 7) is 8.85. The summed E-state index contributed by atoms with van der Waals surface area (Å²) in [5.74, 6) is 1.14. The lowest BCUT2D eigenvalue weighted by atomic mass is 9.74. The van der Waals surface area contributed by atoms with Crippen LogP contribution in [0, 0.1) is 16.7 Å². The monoisotopic (exact) mass is 361 g/mol. The molecule has 0 atom stereocenters. The molecule has 3 rings (SSSR count). The van der Waals surface area contributed by atoms with Crippen LogP contribution in [0.5, 0.6) is 0 Å². The first-order valence-corrected chi connectivity index (χ1v) is 10.2. The minimum atomic E-state index is -0.178. The van der Waals surface area contributed by atoms with Crippen molar-refractivity contribution in [2.24, 2.45) is 16.7 Å². The summed E-state index contributed by atoms with van der Waals surface area (Å²) in [5.41, 5.74) is 1.41. The number of likely N-dealkylation sites (tertiary alicyclic amines) is 1. The molecule has 0 N–H and O–H groups in total. The number of amides is 1. The van der Waals surface area contributed by atoms with E-state index in [-0.39, 0.29) is 5.41 Å². The quantitative estimate of drug-likeness (QED) is 0.673. The van der Waals surface area contributed by atoms with E-state index in [1.807, 2.05) is 12.1 Å². The van der Waals surface area contributed by atoms with Crippen molar-refractivity contribution in [3.8, 4) is 0 Å². The van der Waals surface area contributed by atoms with Crippen LogP contribution in [-0.2, 0) is 11.2 Å². The molecule has 138 valence electrons. The molecule has 0 radical (unpaired) electrons. The lowest BCUT2D eigenvalue weighted by Gasteiger charge is -2.42. The molecule has 1 saturated carbocycles.